The predicted molar refractivity (Wildman–Crippen MR) is 145 cm³/mol. The molecule has 2 aliphatic rings. The highest BCUT2D eigenvalue weighted by Gasteiger charge is 2.33. The number of phenols is 1. The summed E-state index contributed by atoms with van der Waals surface area (Å²) in [6.45, 7) is 0. The summed E-state index contributed by atoms with van der Waals surface area (Å²) in [5, 5.41) is 10.5. The maximum atomic E-state index is 13.8. The van der Waals surface area contributed by atoms with Crippen LogP contribution in [-0.4, -0.2) is 9.67 Å². The number of benzene rings is 3. The van der Waals surface area contributed by atoms with Crippen LogP contribution in [0.2, 0.25) is 5.02 Å². The van der Waals surface area contributed by atoms with Gasteiger partial charge >= 0.3 is 0 Å². The lowest BCUT2D eigenvalue weighted by Gasteiger charge is -2.31. The van der Waals surface area contributed by atoms with Gasteiger partial charge in [0.05, 0.1) is 19.8 Å². The van der Waals surface area contributed by atoms with Gasteiger partial charge < -0.3 is 5.11 Å². The van der Waals surface area contributed by atoms with Gasteiger partial charge in [-0.1, -0.05) is 71.5 Å². The minimum absolute atomic E-state index is 0.0813. The quantitative estimate of drug-likeness (QED) is 0.320. The van der Waals surface area contributed by atoms with Gasteiger partial charge in [0, 0.05) is 10.6 Å². The van der Waals surface area contributed by atoms with E-state index in [0.717, 1.165) is 44.4 Å². The smallest absolute Gasteiger partial charge is 0.271 e. The lowest BCUT2D eigenvalue weighted by atomic mass is 9.83. The summed E-state index contributed by atoms with van der Waals surface area (Å²) in [6, 6.07) is 21.1. The van der Waals surface area contributed by atoms with Gasteiger partial charge in [-0.15, -0.1) is 0 Å². The fourth-order valence-electron chi connectivity index (χ4n) is 4.76. The maximum absolute atomic E-state index is 13.8. The number of aryl methyl sites for hydroxylation is 1. The monoisotopic (exact) mass is 596 g/mol. The Balaban J connectivity index is 1.64. The Labute approximate surface area is 218 Å². The zero-order chi connectivity index (χ0) is 23.4. The van der Waals surface area contributed by atoms with Crippen LogP contribution in [0.25, 0.3) is 11.8 Å². The third-order valence-electron chi connectivity index (χ3n) is 6.34. The first-order valence-electron chi connectivity index (χ1n) is 10.9. The molecule has 0 fully saturated rings. The molecule has 0 radical (unpaired) electrons. The Morgan fingerprint density at radius 1 is 1.09 bits per heavy atom. The SMILES string of the molecule is O=c1c(=Cc2ccc(O)c(I)c2)sc2n1C(c1ccccc1Cl)C1=C(N=2)c2ccccc2CC1. The molecule has 34 heavy (non-hydrogen) atoms. The Morgan fingerprint density at radius 2 is 1.88 bits per heavy atom. The fourth-order valence-corrected chi connectivity index (χ4v) is 6.54. The first-order chi connectivity index (χ1) is 16.5. The molecule has 1 N–H and O–H groups in total. The number of hydrogen-bond donors (Lipinski definition) is 1. The second kappa shape index (κ2) is 8.52. The van der Waals surface area contributed by atoms with E-state index < -0.39 is 0 Å². The van der Waals surface area contributed by atoms with Crippen molar-refractivity contribution < 1.29 is 5.11 Å². The average molecular weight is 597 g/mol. The van der Waals surface area contributed by atoms with Crippen molar-refractivity contribution in [3.63, 3.8) is 0 Å². The molecule has 1 aliphatic carbocycles. The van der Waals surface area contributed by atoms with E-state index in [4.69, 9.17) is 16.6 Å². The van der Waals surface area contributed by atoms with Crippen molar-refractivity contribution in [2.75, 3.05) is 0 Å². The van der Waals surface area contributed by atoms with Crippen molar-refractivity contribution in [3.8, 4) is 5.75 Å². The molecular weight excluding hydrogens is 579 g/mol. The van der Waals surface area contributed by atoms with E-state index in [2.05, 4.69) is 40.8 Å². The summed E-state index contributed by atoms with van der Waals surface area (Å²) in [5.41, 5.74) is 6.19. The van der Waals surface area contributed by atoms with Crippen LogP contribution in [0, 0.1) is 3.57 Å². The van der Waals surface area contributed by atoms with Crippen LogP contribution < -0.4 is 14.9 Å². The highest BCUT2D eigenvalue weighted by atomic mass is 127. The van der Waals surface area contributed by atoms with Crippen LogP contribution in [0.15, 0.2) is 82.1 Å². The number of thiazole rings is 1. The molecule has 4 nitrogen and oxygen atoms in total. The molecule has 7 heteroatoms. The van der Waals surface area contributed by atoms with Crippen LogP contribution in [0.5, 0.6) is 5.75 Å². The molecule has 1 aromatic heterocycles. The van der Waals surface area contributed by atoms with Crippen LogP contribution >= 0.6 is 45.5 Å². The molecule has 1 aliphatic heterocycles. The number of rotatable bonds is 2. The minimum Gasteiger partial charge on any atom is -0.507 e. The summed E-state index contributed by atoms with van der Waals surface area (Å²) in [7, 11) is 0. The molecular formula is C27H18ClIN2O2S. The maximum Gasteiger partial charge on any atom is 0.271 e. The fraction of sp³-hybridized carbons (Fsp3) is 0.111. The Morgan fingerprint density at radius 3 is 2.71 bits per heavy atom. The lowest BCUT2D eigenvalue weighted by Crippen LogP contribution is -2.38. The van der Waals surface area contributed by atoms with Crippen LogP contribution in [0.1, 0.15) is 34.7 Å². The summed E-state index contributed by atoms with van der Waals surface area (Å²) >= 11 is 10.2. The van der Waals surface area contributed by atoms with Crippen molar-refractivity contribution in [3.05, 3.63) is 123 Å². The largest absolute Gasteiger partial charge is 0.507 e. The number of halogens is 2. The molecule has 0 saturated carbocycles. The van der Waals surface area contributed by atoms with Gasteiger partial charge in [-0.05, 0) is 82.0 Å². The van der Waals surface area contributed by atoms with Gasteiger partial charge in [0.25, 0.3) is 5.56 Å². The molecule has 0 spiro atoms. The first-order valence-corrected chi connectivity index (χ1v) is 13.1. The van der Waals surface area contributed by atoms with E-state index in [-0.39, 0.29) is 17.4 Å². The predicted octanol–water partition coefficient (Wildman–Crippen LogP) is 5.28. The normalized spacial score (nSPS) is 17.1. The Hall–Kier alpha value is -2.68. The third-order valence-corrected chi connectivity index (χ3v) is 8.53. The lowest BCUT2D eigenvalue weighted by molar-refractivity contribution is 0.471. The van der Waals surface area contributed by atoms with E-state index in [1.165, 1.54) is 16.9 Å². The zero-order valence-electron chi connectivity index (χ0n) is 17.8. The average Bonchev–Trinajstić information content (AvgIpc) is 3.15. The number of nitrogens with zero attached hydrogens (tertiary/aromatic N) is 2. The van der Waals surface area contributed by atoms with Crippen molar-refractivity contribution in [2.45, 2.75) is 18.9 Å². The molecule has 2 heterocycles. The second-order valence-electron chi connectivity index (χ2n) is 8.35. The summed E-state index contributed by atoms with van der Waals surface area (Å²) in [4.78, 5) is 19.4. The molecule has 0 saturated heterocycles. The van der Waals surface area contributed by atoms with Crippen molar-refractivity contribution in [1.82, 2.24) is 4.57 Å². The zero-order valence-corrected chi connectivity index (χ0v) is 21.6. The highest BCUT2D eigenvalue weighted by molar-refractivity contribution is 14.1. The molecule has 1 unspecified atom stereocenters. The molecule has 3 aromatic carbocycles. The van der Waals surface area contributed by atoms with E-state index >= 15 is 0 Å². The topological polar surface area (TPSA) is 54.6 Å². The number of hydrogen-bond acceptors (Lipinski definition) is 4. The molecule has 0 bridgehead atoms. The third kappa shape index (κ3) is 3.56. The second-order valence-corrected chi connectivity index (χ2v) is 10.9. The highest BCUT2D eigenvalue weighted by Crippen LogP contribution is 2.42. The van der Waals surface area contributed by atoms with Crippen molar-refractivity contribution >= 4 is 57.3 Å². The number of aromatic nitrogens is 1. The van der Waals surface area contributed by atoms with Gasteiger partial charge in [-0.2, -0.15) is 0 Å². The van der Waals surface area contributed by atoms with Crippen molar-refractivity contribution in [2.24, 2.45) is 4.99 Å². The van der Waals surface area contributed by atoms with Crippen LogP contribution in [0.4, 0.5) is 0 Å². The molecule has 4 aromatic rings. The molecule has 1 atom stereocenters. The van der Waals surface area contributed by atoms with E-state index in [1.54, 1.807) is 10.6 Å². The first kappa shape index (κ1) is 21.8. The van der Waals surface area contributed by atoms with Gasteiger partial charge in [-0.25, -0.2) is 4.99 Å². The van der Waals surface area contributed by atoms with Gasteiger partial charge in [0.1, 0.15) is 5.75 Å². The number of allylic oxidation sites excluding steroid dienone is 1. The van der Waals surface area contributed by atoms with Gasteiger partial charge in [0.2, 0.25) is 0 Å². The van der Waals surface area contributed by atoms with Gasteiger partial charge in [0.15, 0.2) is 4.80 Å². The van der Waals surface area contributed by atoms with Crippen molar-refractivity contribution in [1.29, 1.82) is 0 Å². The summed E-state index contributed by atoms with van der Waals surface area (Å²) < 4.78 is 3.14. The Kier molecular flexibility index (Phi) is 5.47. The minimum atomic E-state index is -0.296. The summed E-state index contributed by atoms with van der Waals surface area (Å²) in [5.74, 6) is 0.226. The van der Waals surface area contributed by atoms with Crippen LogP contribution in [0.3, 0.4) is 0 Å². The standard InChI is InChI=1S/C27H18ClIN2O2S/c28-20-8-4-3-7-18(20)25-19-11-10-16-5-1-2-6-17(16)24(19)30-27-31(25)26(33)23(34-27)14-15-9-12-22(32)21(29)13-15/h1-9,12-14,25,32H,10-11H2. The summed E-state index contributed by atoms with van der Waals surface area (Å²) in [6.07, 6.45) is 3.60. The molecule has 0 amide bonds. The van der Waals surface area contributed by atoms with E-state index in [9.17, 15) is 9.90 Å². The van der Waals surface area contributed by atoms with E-state index in [1.807, 2.05) is 48.5 Å². The number of phenolic OH excluding ortho intramolecular Hbond substituents is 1. The Bertz CT molecular complexity index is 1690. The number of fused-ring (bicyclic) bond motifs is 3. The van der Waals surface area contributed by atoms with Gasteiger partial charge in [-0.3, -0.25) is 9.36 Å². The number of aromatic hydroxyl groups is 1. The van der Waals surface area contributed by atoms with E-state index in [0.29, 0.717) is 14.4 Å². The van der Waals surface area contributed by atoms with Crippen LogP contribution in [-0.2, 0) is 6.42 Å². The molecule has 168 valence electrons. The molecule has 6 rings (SSSR count).